The van der Waals surface area contributed by atoms with E-state index in [1.807, 2.05) is 0 Å². The Bertz CT molecular complexity index is 859. The first-order valence-electron chi connectivity index (χ1n) is 7.58. The van der Waals surface area contributed by atoms with Gasteiger partial charge in [-0.25, -0.2) is 0 Å². The summed E-state index contributed by atoms with van der Waals surface area (Å²) in [6.45, 7) is 0. The highest BCUT2D eigenvalue weighted by Gasteiger charge is 2.14. The van der Waals surface area contributed by atoms with Crippen LogP contribution in [0.5, 0.6) is 5.75 Å². The molecule has 0 aliphatic carbocycles. The van der Waals surface area contributed by atoms with Crippen LogP contribution in [0, 0.1) is 10.1 Å². The van der Waals surface area contributed by atoms with E-state index in [0.717, 1.165) is 0 Å². The van der Waals surface area contributed by atoms with E-state index in [-0.39, 0.29) is 11.4 Å². The maximum absolute atomic E-state index is 12.4. The van der Waals surface area contributed by atoms with Crippen molar-refractivity contribution < 1.29 is 19.2 Å². The lowest BCUT2D eigenvalue weighted by Crippen LogP contribution is -2.33. The molecule has 0 atom stereocenters. The zero-order valence-electron chi connectivity index (χ0n) is 14.2. The molecule has 0 saturated heterocycles. The van der Waals surface area contributed by atoms with Crippen molar-refractivity contribution in [3.63, 3.8) is 0 Å². The largest absolute Gasteiger partial charge is 0.497 e. The van der Waals surface area contributed by atoms with E-state index in [9.17, 15) is 19.7 Å². The minimum atomic E-state index is -0.535. The SMILES string of the molecule is CNC(=O)/C(=C/c1cccc([N+](=O)[O-])c1)NC(=O)c1ccc(OC)cc1. The summed E-state index contributed by atoms with van der Waals surface area (Å²) in [6.07, 6.45) is 1.37. The summed E-state index contributed by atoms with van der Waals surface area (Å²) in [7, 11) is 2.93. The lowest BCUT2D eigenvalue weighted by atomic mass is 10.1. The standard InChI is InChI=1S/C18H17N3O5/c1-19-18(23)16(11-12-4-3-5-14(10-12)21(24)25)20-17(22)13-6-8-15(26-2)9-7-13/h3-11H,1-2H3,(H,19,23)(H,20,22)/b16-11-. The minimum absolute atomic E-state index is 0.0335. The summed E-state index contributed by atoms with van der Waals surface area (Å²) in [5.74, 6) is -0.425. The number of carbonyl (C=O) groups excluding carboxylic acids is 2. The average Bonchev–Trinajstić information content (AvgIpc) is 2.67. The minimum Gasteiger partial charge on any atom is -0.497 e. The topological polar surface area (TPSA) is 111 Å². The monoisotopic (exact) mass is 355 g/mol. The lowest BCUT2D eigenvalue weighted by molar-refractivity contribution is -0.384. The predicted molar refractivity (Wildman–Crippen MR) is 95.6 cm³/mol. The highest BCUT2D eigenvalue weighted by atomic mass is 16.6. The molecule has 0 bridgehead atoms. The second kappa shape index (κ2) is 8.43. The Morgan fingerprint density at radius 1 is 1.15 bits per heavy atom. The number of methoxy groups -OCH3 is 1. The number of hydrogen-bond acceptors (Lipinski definition) is 5. The van der Waals surface area contributed by atoms with Crippen LogP contribution >= 0.6 is 0 Å². The Labute approximate surface area is 149 Å². The molecule has 2 aromatic rings. The summed E-state index contributed by atoms with van der Waals surface area (Å²) in [5.41, 5.74) is 0.595. The zero-order chi connectivity index (χ0) is 19.1. The third-order valence-corrected chi connectivity index (χ3v) is 3.46. The van der Waals surface area contributed by atoms with Crippen molar-refractivity contribution in [1.82, 2.24) is 10.6 Å². The molecular weight excluding hydrogens is 338 g/mol. The maximum atomic E-state index is 12.4. The quantitative estimate of drug-likeness (QED) is 0.468. The summed E-state index contributed by atoms with van der Waals surface area (Å²) in [4.78, 5) is 34.7. The maximum Gasteiger partial charge on any atom is 0.270 e. The van der Waals surface area contributed by atoms with E-state index in [2.05, 4.69) is 10.6 Å². The van der Waals surface area contributed by atoms with Crippen molar-refractivity contribution in [3.05, 3.63) is 75.5 Å². The van der Waals surface area contributed by atoms with Crippen molar-refractivity contribution in [1.29, 1.82) is 0 Å². The van der Waals surface area contributed by atoms with Crippen LogP contribution in [0.15, 0.2) is 54.2 Å². The molecule has 0 heterocycles. The normalized spacial score (nSPS) is 10.8. The van der Waals surface area contributed by atoms with Crippen molar-refractivity contribution in [2.45, 2.75) is 0 Å². The molecule has 0 aliphatic heterocycles. The number of nitrogens with one attached hydrogen (secondary N) is 2. The molecule has 0 aromatic heterocycles. The Morgan fingerprint density at radius 3 is 2.42 bits per heavy atom. The Kier molecular flexibility index (Phi) is 6.05. The van der Waals surface area contributed by atoms with Crippen molar-refractivity contribution >= 4 is 23.6 Å². The summed E-state index contributed by atoms with van der Waals surface area (Å²) in [5, 5.41) is 15.8. The molecule has 134 valence electrons. The molecule has 2 N–H and O–H groups in total. The first-order valence-corrected chi connectivity index (χ1v) is 7.58. The van der Waals surface area contributed by atoms with Gasteiger partial charge in [-0.2, -0.15) is 0 Å². The van der Waals surface area contributed by atoms with Crippen molar-refractivity contribution in [3.8, 4) is 5.75 Å². The fraction of sp³-hybridized carbons (Fsp3) is 0.111. The molecule has 8 nitrogen and oxygen atoms in total. The van der Waals surface area contributed by atoms with Gasteiger partial charge < -0.3 is 15.4 Å². The van der Waals surface area contributed by atoms with Gasteiger partial charge in [0.2, 0.25) is 0 Å². The number of hydrogen-bond donors (Lipinski definition) is 2. The third kappa shape index (κ3) is 4.67. The van der Waals surface area contributed by atoms with E-state index in [4.69, 9.17) is 4.74 Å². The highest BCUT2D eigenvalue weighted by Crippen LogP contribution is 2.16. The number of nitrogens with zero attached hydrogens (tertiary/aromatic N) is 1. The fourth-order valence-corrected chi connectivity index (χ4v) is 2.12. The van der Waals surface area contributed by atoms with Gasteiger partial charge in [0.15, 0.2) is 0 Å². The molecule has 2 amide bonds. The third-order valence-electron chi connectivity index (χ3n) is 3.46. The summed E-state index contributed by atoms with van der Waals surface area (Å²) >= 11 is 0. The molecule has 0 fully saturated rings. The number of nitro benzene ring substituents is 1. The molecule has 0 unspecified atom stereocenters. The molecule has 0 saturated carbocycles. The highest BCUT2D eigenvalue weighted by molar-refractivity contribution is 6.05. The van der Waals surface area contributed by atoms with Gasteiger partial charge in [0, 0.05) is 24.7 Å². The van der Waals surface area contributed by atoms with Crippen LogP contribution in [-0.2, 0) is 4.79 Å². The van der Waals surface area contributed by atoms with Crippen LogP contribution in [0.2, 0.25) is 0 Å². The molecule has 0 aliphatic rings. The number of ether oxygens (including phenoxy) is 1. The number of amides is 2. The van der Waals surface area contributed by atoms with Gasteiger partial charge in [0.25, 0.3) is 17.5 Å². The lowest BCUT2D eigenvalue weighted by Gasteiger charge is -2.09. The molecule has 0 radical (unpaired) electrons. The average molecular weight is 355 g/mol. The molecule has 26 heavy (non-hydrogen) atoms. The molecule has 0 spiro atoms. The van der Waals surface area contributed by atoms with Gasteiger partial charge >= 0.3 is 0 Å². The Hall–Kier alpha value is -3.68. The van der Waals surface area contributed by atoms with E-state index in [0.29, 0.717) is 16.9 Å². The first kappa shape index (κ1) is 18.7. The predicted octanol–water partition coefficient (Wildman–Crippen LogP) is 2.12. The molecule has 2 aromatic carbocycles. The van der Waals surface area contributed by atoms with Gasteiger partial charge in [-0.3, -0.25) is 19.7 Å². The van der Waals surface area contributed by atoms with Gasteiger partial charge in [-0.1, -0.05) is 12.1 Å². The first-order chi connectivity index (χ1) is 12.4. The number of carbonyl (C=O) groups is 2. The smallest absolute Gasteiger partial charge is 0.270 e. The van der Waals surface area contributed by atoms with Gasteiger partial charge in [-0.15, -0.1) is 0 Å². The van der Waals surface area contributed by atoms with E-state index >= 15 is 0 Å². The van der Waals surface area contributed by atoms with Crippen LogP contribution < -0.4 is 15.4 Å². The zero-order valence-corrected chi connectivity index (χ0v) is 14.2. The number of benzene rings is 2. The van der Waals surface area contributed by atoms with Gasteiger partial charge in [0.1, 0.15) is 11.4 Å². The summed E-state index contributed by atoms with van der Waals surface area (Å²) in [6, 6.07) is 12.1. The second-order valence-corrected chi connectivity index (χ2v) is 5.17. The summed E-state index contributed by atoms with van der Waals surface area (Å²) < 4.78 is 5.03. The van der Waals surface area contributed by atoms with Crippen LogP contribution in [0.25, 0.3) is 6.08 Å². The molecule has 2 rings (SSSR count). The van der Waals surface area contributed by atoms with Gasteiger partial charge in [-0.05, 0) is 35.9 Å². The number of nitro groups is 1. The number of likely N-dealkylation sites (N-methyl/N-ethyl adjacent to an activating group) is 1. The molecule has 8 heteroatoms. The molecular formula is C18H17N3O5. The van der Waals surface area contributed by atoms with E-state index in [1.165, 1.54) is 38.4 Å². The van der Waals surface area contributed by atoms with Crippen molar-refractivity contribution in [2.24, 2.45) is 0 Å². The van der Waals surface area contributed by atoms with E-state index < -0.39 is 16.7 Å². The number of rotatable bonds is 6. The van der Waals surface area contributed by atoms with Gasteiger partial charge in [0.05, 0.1) is 12.0 Å². The van der Waals surface area contributed by atoms with Crippen molar-refractivity contribution in [2.75, 3.05) is 14.2 Å². The Balaban J connectivity index is 2.29. The van der Waals surface area contributed by atoms with Crippen LogP contribution in [-0.4, -0.2) is 30.9 Å². The van der Waals surface area contributed by atoms with Crippen LogP contribution in [0.3, 0.4) is 0 Å². The fourth-order valence-electron chi connectivity index (χ4n) is 2.12. The Morgan fingerprint density at radius 2 is 1.85 bits per heavy atom. The van der Waals surface area contributed by atoms with E-state index in [1.54, 1.807) is 30.3 Å². The van der Waals surface area contributed by atoms with Crippen LogP contribution in [0.4, 0.5) is 5.69 Å². The number of non-ortho nitro benzene ring substituents is 1. The van der Waals surface area contributed by atoms with Crippen LogP contribution in [0.1, 0.15) is 15.9 Å². The second-order valence-electron chi connectivity index (χ2n) is 5.17.